The molecule has 2 heterocycles. The van der Waals surface area contributed by atoms with Gasteiger partial charge in [0.05, 0.1) is 22.7 Å². The Balaban J connectivity index is 1.80. The van der Waals surface area contributed by atoms with Crippen LogP contribution in [0.2, 0.25) is 5.02 Å². The largest absolute Gasteiger partial charge is 0.447 e. The Morgan fingerprint density at radius 1 is 1.11 bits per heavy atom. The third-order valence-electron chi connectivity index (χ3n) is 3.64. The molecule has 0 spiro atoms. The first-order valence-corrected chi connectivity index (χ1v) is 9.56. The van der Waals surface area contributed by atoms with Gasteiger partial charge in [-0.2, -0.15) is 0 Å². The summed E-state index contributed by atoms with van der Waals surface area (Å²) in [5.41, 5.74) is 1.14. The lowest BCUT2D eigenvalue weighted by Gasteiger charge is -2.10. The van der Waals surface area contributed by atoms with Crippen LogP contribution >= 0.6 is 22.9 Å². The quantitative estimate of drug-likeness (QED) is 0.652. The normalized spacial score (nSPS) is 10.7. The van der Waals surface area contributed by atoms with Crippen LogP contribution in [0.3, 0.4) is 0 Å². The number of hydrogen-bond acceptors (Lipinski definition) is 6. The van der Waals surface area contributed by atoms with E-state index in [1.54, 1.807) is 43.5 Å². The second-order valence-corrected chi connectivity index (χ2v) is 7.40. The molecule has 3 amide bonds. The second kappa shape index (κ2) is 8.37. The Morgan fingerprint density at radius 3 is 2.64 bits per heavy atom. The molecule has 0 unspecified atom stereocenters. The monoisotopic (exact) mass is 417 g/mol. The zero-order chi connectivity index (χ0) is 20.3. The van der Waals surface area contributed by atoms with E-state index in [0.29, 0.717) is 26.5 Å². The number of nitrogens with zero attached hydrogens (tertiary/aromatic N) is 1. The first-order chi connectivity index (χ1) is 13.3. The van der Waals surface area contributed by atoms with Crippen molar-refractivity contribution in [2.45, 2.75) is 20.0 Å². The third kappa shape index (κ3) is 4.47. The van der Waals surface area contributed by atoms with E-state index < -0.39 is 17.9 Å². The molecule has 0 saturated carbocycles. The molecule has 0 radical (unpaired) electrons. The van der Waals surface area contributed by atoms with Gasteiger partial charge in [-0.05, 0) is 43.5 Å². The van der Waals surface area contributed by atoms with E-state index in [2.05, 4.69) is 15.6 Å². The maximum atomic E-state index is 12.8. The Morgan fingerprint density at radius 2 is 1.89 bits per heavy atom. The van der Waals surface area contributed by atoms with E-state index in [4.69, 9.17) is 16.3 Å². The van der Waals surface area contributed by atoms with Crippen LogP contribution in [-0.4, -0.2) is 29.0 Å². The number of pyridine rings is 1. The van der Waals surface area contributed by atoms with E-state index in [1.807, 2.05) is 0 Å². The van der Waals surface area contributed by atoms with E-state index in [0.717, 1.165) is 0 Å². The van der Waals surface area contributed by atoms with Gasteiger partial charge in [0.25, 0.3) is 11.8 Å². The molecule has 9 heteroatoms. The lowest BCUT2D eigenvalue weighted by Crippen LogP contribution is -2.32. The SMILES string of the molecule is CC(C)OC(=O)NC(=O)c1ccsc1NC(=O)c1ccnc2cc(Cl)ccc12. The maximum absolute atomic E-state index is 12.8. The molecule has 0 aliphatic carbocycles. The summed E-state index contributed by atoms with van der Waals surface area (Å²) in [5.74, 6) is -1.07. The first kappa shape index (κ1) is 19.8. The van der Waals surface area contributed by atoms with Gasteiger partial charge < -0.3 is 10.1 Å². The highest BCUT2D eigenvalue weighted by molar-refractivity contribution is 7.14. The number of rotatable bonds is 4. The topological polar surface area (TPSA) is 97.4 Å². The average molecular weight is 418 g/mol. The molecule has 2 N–H and O–H groups in total. The fourth-order valence-corrected chi connectivity index (χ4v) is 3.42. The van der Waals surface area contributed by atoms with Crippen molar-refractivity contribution in [3.8, 4) is 0 Å². The van der Waals surface area contributed by atoms with E-state index in [-0.39, 0.29) is 11.7 Å². The number of alkyl carbamates (subject to hydrolysis) is 1. The van der Waals surface area contributed by atoms with Gasteiger partial charge in [-0.15, -0.1) is 11.3 Å². The highest BCUT2D eigenvalue weighted by Crippen LogP contribution is 2.26. The van der Waals surface area contributed by atoms with Gasteiger partial charge in [0, 0.05) is 16.6 Å². The van der Waals surface area contributed by atoms with Crippen molar-refractivity contribution in [2.24, 2.45) is 0 Å². The van der Waals surface area contributed by atoms with Gasteiger partial charge in [-0.3, -0.25) is 19.9 Å². The Hall–Kier alpha value is -2.97. The number of imide groups is 1. The van der Waals surface area contributed by atoms with Crippen molar-refractivity contribution in [3.05, 3.63) is 58.1 Å². The summed E-state index contributed by atoms with van der Waals surface area (Å²) in [5, 5.41) is 7.96. The van der Waals surface area contributed by atoms with Crippen LogP contribution in [0.4, 0.5) is 9.80 Å². The number of thiophene rings is 1. The number of amides is 3. The van der Waals surface area contributed by atoms with Gasteiger partial charge >= 0.3 is 6.09 Å². The lowest BCUT2D eigenvalue weighted by atomic mass is 10.1. The number of benzene rings is 1. The molecule has 144 valence electrons. The molecule has 28 heavy (non-hydrogen) atoms. The van der Waals surface area contributed by atoms with Crippen molar-refractivity contribution < 1.29 is 19.1 Å². The molecule has 7 nitrogen and oxygen atoms in total. The van der Waals surface area contributed by atoms with Crippen molar-refractivity contribution in [1.82, 2.24) is 10.3 Å². The summed E-state index contributed by atoms with van der Waals surface area (Å²) in [6, 6.07) is 8.15. The number of nitrogens with one attached hydrogen (secondary N) is 2. The molecule has 0 atom stereocenters. The highest BCUT2D eigenvalue weighted by atomic mass is 35.5. The Bertz CT molecular complexity index is 1060. The number of anilines is 1. The minimum Gasteiger partial charge on any atom is -0.447 e. The van der Waals surface area contributed by atoms with Gasteiger partial charge in [-0.25, -0.2) is 4.79 Å². The molecule has 0 bridgehead atoms. The molecule has 3 rings (SSSR count). The average Bonchev–Trinajstić information content (AvgIpc) is 3.08. The summed E-state index contributed by atoms with van der Waals surface area (Å²) >= 11 is 7.14. The standard InChI is InChI=1S/C19H16ClN3O4S/c1-10(2)27-19(26)23-17(25)14-6-8-28-18(14)22-16(24)13-5-7-21-15-9-11(20)3-4-12(13)15/h3-10H,1-2H3,(H,22,24)(H,23,25,26). The van der Waals surface area contributed by atoms with Crippen molar-refractivity contribution in [2.75, 3.05) is 5.32 Å². The number of fused-ring (bicyclic) bond motifs is 1. The highest BCUT2D eigenvalue weighted by Gasteiger charge is 2.20. The summed E-state index contributed by atoms with van der Waals surface area (Å²) in [6.07, 6.45) is 0.306. The zero-order valence-corrected chi connectivity index (χ0v) is 16.6. The molecule has 0 saturated heterocycles. The molecule has 3 aromatic rings. The van der Waals surface area contributed by atoms with Crippen molar-refractivity contribution in [3.63, 3.8) is 0 Å². The molecule has 2 aromatic heterocycles. The number of halogens is 1. The van der Waals surface area contributed by atoms with Gasteiger partial charge in [0.1, 0.15) is 5.00 Å². The van der Waals surface area contributed by atoms with Gasteiger partial charge in [0.2, 0.25) is 0 Å². The van der Waals surface area contributed by atoms with E-state index in [9.17, 15) is 14.4 Å². The fraction of sp³-hybridized carbons (Fsp3) is 0.158. The van der Waals surface area contributed by atoms with E-state index >= 15 is 0 Å². The summed E-state index contributed by atoms with van der Waals surface area (Å²) in [6.45, 7) is 3.35. The Labute approximate surface area is 169 Å². The Kier molecular flexibility index (Phi) is 5.91. The molecule has 0 fully saturated rings. The number of carbonyl (C=O) groups excluding carboxylic acids is 3. The molecule has 0 aliphatic rings. The van der Waals surface area contributed by atoms with Crippen molar-refractivity contribution in [1.29, 1.82) is 0 Å². The smallest absolute Gasteiger partial charge is 0.414 e. The minimum atomic E-state index is -0.847. The molecular formula is C19H16ClN3O4S. The van der Waals surface area contributed by atoms with Crippen LogP contribution in [0.5, 0.6) is 0 Å². The van der Waals surface area contributed by atoms with Crippen LogP contribution in [0.15, 0.2) is 41.9 Å². The van der Waals surface area contributed by atoms with Crippen molar-refractivity contribution >= 4 is 56.7 Å². The third-order valence-corrected chi connectivity index (χ3v) is 4.71. The number of carbonyl (C=O) groups is 3. The van der Waals surface area contributed by atoms with Gasteiger partial charge in [0.15, 0.2) is 0 Å². The summed E-state index contributed by atoms with van der Waals surface area (Å²) in [4.78, 5) is 40.9. The number of aromatic nitrogens is 1. The van der Waals surface area contributed by atoms with Crippen LogP contribution in [0.1, 0.15) is 34.6 Å². The predicted molar refractivity (Wildman–Crippen MR) is 108 cm³/mol. The second-order valence-electron chi connectivity index (χ2n) is 6.05. The van der Waals surface area contributed by atoms with Gasteiger partial charge in [-0.1, -0.05) is 17.7 Å². The zero-order valence-electron chi connectivity index (χ0n) is 15.0. The van der Waals surface area contributed by atoms with Crippen LogP contribution < -0.4 is 10.6 Å². The number of ether oxygens (including phenoxy) is 1. The lowest BCUT2D eigenvalue weighted by molar-refractivity contribution is 0.0877. The predicted octanol–water partition coefficient (Wildman–Crippen LogP) is 4.48. The summed E-state index contributed by atoms with van der Waals surface area (Å²) < 4.78 is 4.89. The fourth-order valence-electron chi connectivity index (χ4n) is 2.48. The maximum Gasteiger partial charge on any atom is 0.414 e. The van der Waals surface area contributed by atoms with Crippen LogP contribution in [0.25, 0.3) is 10.9 Å². The summed E-state index contributed by atoms with van der Waals surface area (Å²) in [7, 11) is 0. The van der Waals surface area contributed by atoms with Crippen LogP contribution in [-0.2, 0) is 4.74 Å². The number of hydrogen-bond donors (Lipinski definition) is 2. The molecule has 1 aromatic carbocycles. The van der Waals surface area contributed by atoms with E-state index in [1.165, 1.54) is 23.6 Å². The minimum absolute atomic E-state index is 0.167. The molecular weight excluding hydrogens is 402 g/mol. The first-order valence-electron chi connectivity index (χ1n) is 8.30. The molecule has 0 aliphatic heterocycles. The van der Waals surface area contributed by atoms with Crippen LogP contribution in [0, 0.1) is 0 Å².